The minimum Gasteiger partial charge on any atom is -0.319 e. The van der Waals surface area contributed by atoms with Crippen LogP contribution in [0, 0.1) is 30.3 Å². The number of anilines is 1. The lowest BCUT2D eigenvalue weighted by molar-refractivity contribution is -0.128. The number of rotatable bonds is 7. The molecule has 0 spiro atoms. The van der Waals surface area contributed by atoms with Crippen LogP contribution in [0.2, 0.25) is 0 Å². The molecule has 1 saturated heterocycles. The Balaban J connectivity index is 1.56. The molecule has 0 bridgehead atoms. The van der Waals surface area contributed by atoms with Gasteiger partial charge in [-0.15, -0.1) is 0 Å². The predicted molar refractivity (Wildman–Crippen MR) is 140 cm³/mol. The van der Waals surface area contributed by atoms with E-state index in [-0.39, 0.29) is 36.3 Å². The van der Waals surface area contributed by atoms with Gasteiger partial charge in [-0.1, -0.05) is 36.4 Å². The first kappa shape index (κ1) is 26.9. The Hall–Kier alpha value is -3.18. The molecule has 1 heterocycles. The normalized spacial score (nSPS) is 16.2. The average Bonchev–Trinajstić information content (AvgIpc) is 2.82. The summed E-state index contributed by atoms with van der Waals surface area (Å²) in [4.78, 5) is 26.9. The van der Waals surface area contributed by atoms with Gasteiger partial charge in [0, 0.05) is 30.6 Å². The van der Waals surface area contributed by atoms with E-state index in [0.717, 1.165) is 22.6 Å². The number of carbonyl (C=O) groups excluding carboxylic acids is 2. The van der Waals surface area contributed by atoms with Crippen LogP contribution >= 0.6 is 7.14 Å². The molecule has 0 unspecified atom stereocenters. The maximum atomic E-state index is 15.3. The SMILES string of the molecule is Cc1ccc(CC(=O)C[C@@H]2CCCN(c3c(F)cc(-c4ccccc4P(C)(C)=O)cc3F)C2=O)c(F)c1. The van der Waals surface area contributed by atoms with Crippen LogP contribution in [-0.4, -0.2) is 31.6 Å². The highest BCUT2D eigenvalue weighted by Gasteiger charge is 2.34. The number of ketones is 1. The second-order valence-corrected chi connectivity index (χ2v) is 13.2. The smallest absolute Gasteiger partial charge is 0.230 e. The number of benzene rings is 3. The highest BCUT2D eigenvalue weighted by Crippen LogP contribution is 2.40. The lowest BCUT2D eigenvalue weighted by Crippen LogP contribution is -2.43. The third kappa shape index (κ3) is 5.88. The van der Waals surface area contributed by atoms with Crippen molar-refractivity contribution in [3.63, 3.8) is 0 Å². The lowest BCUT2D eigenvalue weighted by atomic mass is 9.89. The quantitative estimate of drug-likeness (QED) is 0.340. The van der Waals surface area contributed by atoms with Gasteiger partial charge in [0.15, 0.2) is 11.6 Å². The van der Waals surface area contributed by atoms with Crippen molar-refractivity contribution in [1.29, 1.82) is 0 Å². The number of piperidine rings is 1. The first-order valence-electron chi connectivity index (χ1n) is 12.2. The standard InChI is InChI=1S/C29H29F3NO3P/c1-18-10-11-19(24(30)13-18)14-22(34)15-20-7-6-12-33(29(20)35)28-25(31)16-21(17-26(28)32)23-8-4-5-9-27(23)37(2,3)36/h4-5,8-11,13,16-17,20H,6-7,12,14-15H2,1-3H3/t20-/m0/s1. The maximum Gasteiger partial charge on any atom is 0.230 e. The Morgan fingerprint density at radius 1 is 1.00 bits per heavy atom. The fraction of sp³-hybridized carbons (Fsp3) is 0.310. The van der Waals surface area contributed by atoms with Crippen LogP contribution < -0.4 is 10.2 Å². The molecule has 37 heavy (non-hydrogen) atoms. The molecule has 1 aliphatic heterocycles. The molecule has 1 aliphatic rings. The molecule has 3 aromatic rings. The van der Waals surface area contributed by atoms with Gasteiger partial charge in [0.1, 0.15) is 24.4 Å². The van der Waals surface area contributed by atoms with Gasteiger partial charge >= 0.3 is 0 Å². The number of halogens is 3. The van der Waals surface area contributed by atoms with E-state index in [0.29, 0.717) is 23.7 Å². The Labute approximate surface area is 214 Å². The summed E-state index contributed by atoms with van der Waals surface area (Å²) in [5.74, 6) is -3.86. The van der Waals surface area contributed by atoms with Crippen LogP contribution in [0.4, 0.5) is 18.9 Å². The van der Waals surface area contributed by atoms with Crippen molar-refractivity contribution in [2.45, 2.75) is 32.6 Å². The molecule has 0 N–H and O–H groups in total. The number of aryl methyl sites for hydroxylation is 1. The molecule has 8 heteroatoms. The number of Topliss-reactive ketones (excluding diaryl/α,β-unsaturated/α-hetero) is 1. The second-order valence-electron chi connectivity index (χ2n) is 10.00. The minimum atomic E-state index is -2.72. The Bertz CT molecular complexity index is 1390. The van der Waals surface area contributed by atoms with Gasteiger partial charge in [-0.25, -0.2) is 13.2 Å². The predicted octanol–water partition coefficient (Wildman–Crippen LogP) is 6.27. The average molecular weight is 528 g/mol. The van der Waals surface area contributed by atoms with Crippen LogP contribution in [0.25, 0.3) is 11.1 Å². The van der Waals surface area contributed by atoms with Gasteiger partial charge in [0.05, 0.1) is 0 Å². The van der Waals surface area contributed by atoms with Crippen molar-refractivity contribution >= 4 is 29.8 Å². The van der Waals surface area contributed by atoms with Crippen molar-refractivity contribution in [2.75, 3.05) is 24.8 Å². The van der Waals surface area contributed by atoms with Crippen molar-refractivity contribution in [3.05, 3.63) is 83.2 Å². The van der Waals surface area contributed by atoms with Crippen LogP contribution in [0.15, 0.2) is 54.6 Å². The Morgan fingerprint density at radius 3 is 2.32 bits per heavy atom. The Kier molecular flexibility index (Phi) is 7.75. The molecule has 4 nitrogen and oxygen atoms in total. The van der Waals surface area contributed by atoms with Crippen molar-refractivity contribution in [1.82, 2.24) is 0 Å². The van der Waals surface area contributed by atoms with E-state index in [9.17, 15) is 18.5 Å². The topological polar surface area (TPSA) is 54.5 Å². The zero-order valence-corrected chi connectivity index (χ0v) is 22.0. The molecule has 1 fully saturated rings. The zero-order valence-electron chi connectivity index (χ0n) is 21.1. The molecule has 0 aromatic heterocycles. The summed E-state index contributed by atoms with van der Waals surface area (Å²) < 4.78 is 57.5. The third-order valence-corrected chi connectivity index (χ3v) is 8.25. The summed E-state index contributed by atoms with van der Waals surface area (Å²) in [6.45, 7) is 5.06. The molecule has 0 saturated carbocycles. The second kappa shape index (κ2) is 10.7. The summed E-state index contributed by atoms with van der Waals surface area (Å²) in [6, 6.07) is 13.7. The van der Waals surface area contributed by atoms with Gasteiger partial charge in [0.2, 0.25) is 5.91 Å². The fourth-order valence-corrected chi connectivity index (χ4v) is 6.11. The van der Waals surface area contributed by atoms with E-state index < -0.39 is 42.1 Å². The van der Waals surface area contributed by atoms with Gasteiger partial charge in [-0.2, -0.15) is 0 Å². The van der Waals surface area contributed by atoms with Gasteiger partial charge in [-0.3, -0.25) is 9.59 Å². The first-order chi connectivity index (χ1) is 17.5. The van der Waals surface area contributed by atoms with E-state index >= 15 is 8.78 Å². The van der Waals surface area contributed by atoms with Gasteiger partial charge in [-0.05, 0) is 73.5 Å². The van der Waals surface area contributed by atoms with Gasteiger partial charge in [0.25, 0.3) is 0 Å². The maximum absolute atomic E-state index is 15.3. The molecule has 4 rings (SSSR count). The molecular weight excluding hydrogens is 498 g/mol. The summed E-state index contributed by atoms with van der Waals surface area (Å²) in [5, 5.41) is 0.513. The van der Waals surface area contributed by atoms with E-state index in [1.165, 1.54) is 6.07 Å². The zero-order chi connectivity index (χ0) is 26.9. The molecule has 1 atom stereocenters. The molecule has 194 valence electrons. The molecule has 0 radical (unpaired) electrons. The highest BCUT2D eigenvalue weighted by molar-refractivity contribution is 7.70. The van der Waals surface area contributed by atoms with Crippen LogP contribution in [0.5, 0.6) is 0 Å². The van der Waals surface area contributed by atoms with Crippen molar-refractivity contribution in [2.24, 2.45) is 5.92 Å². The largest absolute Gasteiger partial charge is 0.319 e. The first-order valence-corrected chi connectivity index (χ1v) is 14.8. The van der Waals surface area contributed by atoms with E-state index in [1.807, 2.05) is 0 Å². The van der Waals surface area contributed by atoms with Crippen molar-refractivity contribution < 1.29 is 27.3 Å². The molecule has 3 aromatic carbocycles. The van der Waals surface area contributed by atoms with Crippen LogP contribution in [0.1, 0.15) is 30.4 Å². The Morgan fingerprint density at radius 2 is 1.68 bits per heavy atom. The number of nitrogens with zero attached hydrogens (tertiary/aromatic N) is 1. The number of amides is 1. The molecule has 1 amide bonds. The summed E-state index contributed by atoms with van der Waals surface area (Å²) in [5.41, 5.74) is 1.24. The van der Waals surface area contributed by atoms with Crippen LogP contribution in [-0.2, 0) is 20.6 Å². The molecule has 0 aliphatic carbocycles. The number of hydrogen-bond donors (Lipinski definition) is 0. The van der Waals surface area contributed by atoms with Crippen LogP contribution in [0.3, 0.4) is 0 Å². The number of carbonyl (C=O) groups is 2. The fourth-order valence-electron chi connectivity index (χ4n) is 4.88. The summed E-state index contributed by atoms with van der Waals surface area (Å²) in [7, 11) is -2.72. The third-order valence-electron chi connectivity index (χ3n) is 6.70. The van der Waals surface area contributed by atoms with E-state index in [4.69, 9.17) is 0 Å². The lowest BCUT2D eigenvalue weighted by Gasteiger charge is -2.32. The van der Waals surface area contributed by atoms with E-state index in [2.05, 4.69) is 0 Å². The molecular formula is C29H29F3NO3P. The summed E-state index contributed by atoms with van der Waals surface area (Å²) >= 11 is 0. The van der Waals surface area contributed by atoms with Gasteiger partial charge < -0.3 is 9.46 Å². The van der Waals surface area contributed by atoms with Crippen molar-refractivity contribution in [3.8, 4) is 11.1 Å². The number of hydrogen-bond acceptors (Lipinski definition) is 3. The minimum absolute atomic E-state index is 0.124. The summed E-state index contributed by atoms with van der Waals surface area (Å²) in [6.07, 6.45) is 0.612. The highest BCUT2D eigenvalue weighted by atomic mass is 31.2. The van der Waals surface area contributed by atoms with E-state index in [1.54, 1.807) is 56.7 Å². The monoisotopic (exact) mass is 527 g/mol.